The normalized spacial score (nSPS) is 8.69. The van der Waals surface area contributed by atoms with E-state index in [1.807, 2.05) is 0 Å². The van der Waals surface area contributed by atoms with Crippen molar-refractivity contribution in [2.45, 2.75) is 13.8 Å². The number of carbonyl (C=O) groups is 1. The summed E-state index contributed by atoms with van der Waals surface area (Å²) < 4.78 is 0. The molecule has 0 bridgehead atoms. The van der Waals surface area contributed by atoms with Gasteiger partial charge in [-0.3, -0.25) is 4.79 Å². The van der Waals surface area contributed by atoms with Crippen LogP contribution in [-0.2, 0) is 24.3 Å². The van der Waals surface area contributed by atoms with Crippen molar-refractivity contribution < 1.29 is 29.4 Å². The molecule has 0 amide bonds. The molecule has 0 unspecified atom stereocenters. The molecule has 1 radical (unpaired) electrons. The number of halogens is 1. The summed E-state index contributed by atoms with van der Waals surface area (Å²) in [4.78, 5) is 10.0. The first-order chi connectivity index (χ1) is 5.40. The topological polar surface area (TPSA) is 37.3 Å². The molecule has 0 rings (SSSR count). The van der Waals surface area contributed by atoms with E-state index in [4.69, 9.17) is 16.7 Å². The minimum Gasteiger partial charge on any atom is -0.512 e. The Hall–Kier alpha value is -0.397. The van der Waals surface area contributed by atoms with Crippen molar-refractivity contribution in [3.05, 3.63) is 36.1 Å². The summed E-state index contributed by atoms with van der Waals surface area (Å²) in [5.74, 6) is -0.0625. The van der Waals surface area contributed by atoms with Gasteiger partial charge in [0.15, 0.2) is 5.78 Å². The number of hydrogen-bond acceptors (Lipinski definition) is 2. The fourth-order valence-electron chi connectivity index (χ4n) is 0.294. The number of allylic oxidation sites excluding steroid dienone is 4. The monoisotopic (exact) mass is 291 g/mol. The summed E-state index contributed by atoms with van der Waals surface area (Å²) in [7, 11) is 0. The number of rotatable bonds is 2. The Morgan fingerprint density at radius 3 is 1.77 bits per heavy atom. The predicted molar refractivity (Wildman–Crippen MR) is 52.3 cm³/mol. The van der Waals surface area contributed by atoms with E-state index < -0.39 is 0 Å². The fraction of sp³-hybridized carbons (Fsp3) is 0.222. The maximum absolute atomic E-state index is 10.0. The largest absolute Gasteiger partial charge is 0.512 e. The maximum Gasteiger partial charge on any atom is 0.155 e. The smallest absolute Gasteiger partial charge is 0.155 e. The van der Waals surface area contributed by atoms with Gasteiger partial charge in [0.25, 0.3) is 0 Å². The molecule has 77 valence electrons. The van der Waals surface area contributed by atoms with Crippen LogP contribution in [0.15, 0.2) is 36.1 Å². The summed E-state index contributed by atoms with van der Waals surface area (Å²) in [6.07, 6.45) is 2.65. The first kappa shape index (κ1) is 18.4. The SMILES string of the molecule is C=CC(=C)Cl.CC(=O)/C=C(/C)O.[Rh]. The zero-order valence-corrected chi connectivity index (χ0v) is 10.0. The second-order valence-electron chi connectivity index (χ2n) is 2.05. The Kier molecular flexibility index (Phi) is 16.4. The van der Waals surface area contributed by atoms with Crippen molar-refractivity contribution in [3.63, 3.8) is 0 Å². The van der Waals surface area contributed by atoms with Gasteiger partial charge in [-0.2, -0.15) is 0 Å². The quantitative estimate of drug-likeness (QED) is 0.367. The average molecular weight is 292 g/mol. The molecule has 13 heavy (non-hydrogen) atoms. The standard InChI is InChI=1S/C5H8O2.C4H5Cl.Rh/c1-4(6)3-5(2)7;1-3-4(2)5;/h3,6H,1-2H3;3H,1-2H2;/b4-3-;;. The van der Waals surface area contributed by atoms with E-state index in [0.29, 0.717) is 5.03 Å². The molecule has 0 saturated carbocycles. The zero-order chi connectivity index (χ0) is 10.1. The van der Waals surface area contributed by atoms with Crippen molar-refractivity contribution in [2.75, 3.05) is 0 Å². The third-order valence-electron chi connectivity index (χ3n) is 0.634. The van der Waals surface area contributed by atoms with Crippen molar-refractivity contribution in [1.82, 2.24) is 0 Å². The van der Waals surface area contributed by atoms with Gasteiger partial charge in [-0.25, -0.2) is 0 Å². The zero-order valence-electron chi connectivity index (χ0n) is 7.64. The van der Waals surface area contributed by atoms with Gasteiger partial charge in [0, 0.05) is 30.6 Å². The van der Waals surface area contributed by atoms with Gasteiger partial charge < -0.3 is 5.11 Å². The number of ketones is 1. The van der Waals surface area contributed by atoms with Crippen LogP contribution in [0.3, 0.4) is 0 Å². The average Bonchev–Trinajstić information content (AvgIpc) is 1.85. The molecule has 0 saturated heterocycles. The molecular weight excluding hydrogens is 278 g/mol. The van der Waals surface area contributed by atoms with Crippen LogP contribution in [0.2, 0.25) is 0 Å². The summed E-state index contributed by atoms with van der Waals surface area (Å²) >= 11 is 5.15. The molecule has 0 aromatic rings. The minimum absolute atomic E-state index is 0. The van der Waals surface area contributed by atoms with E-state index in [1.54, 1.807) is 0 Å². The summed E-state index contributed by atoms with van der Waals surface area (Å²) in [5, 5.41) is 8.85. The fourth-order valence-corrected chi connectivity index (χ4v) is 0.294. The van der Waals surface area contributed by atoms with E-state index in [-0.39, 0.29) is 31.0 Å². The Morgan fingerprint density at radius 2 is 1.77 bits per heavy atom. The second-order valence-corrected chi connectivity index (χ2v) is 2.53. The van der Waals surface area contributed by atoms with Crippen molar-refractivity contribution >= 4 is 17.4 Å². The van der Waals surface area contributed by atoms with Gasteiger partial charge in [-0.05, 0) is 13.8 Å². The maximum atomic E-state index is 10.0. The molecule has 4 heteroatoms. The summed E-state index contributed by atoms with van der Waals surface area (Å²) in [6.45, 7) is 9.50. The van der Waals surface area contributed by atoms with Gasteiger partial charge in [-0.1, -0.05) is 30.8 Å². The molecule has 0 spiro atoms. The van der Waals surface area contributed by atoms with E-state index in [9.17, 15) is 4.79 Å². The molecular formula is C9H13ClO2Rh. The van der Waals surface area contributed by atoms with Crippen LogP contribution in [0.4, 0.5) is 0 Å². The molecule has 0 aliphatic rings. The minimum atomic E-state index is -0.125. The Balaban J connectivity index is -0.000000150. The Morgan fingerprint density at radius 1 is 1.46 bits per heavy atom. The van der Waals surface area contributed by atoms with Gasteiger partial charge in [0.2, 0.25) is 0 Å². The molecule has 0 atom stereocenters. The summed E-state index contributed by atoms with van der Waals surface area (Å²) in [6, 6.07) is 0. The van der Waals surface area contributed by atoms with Crippen LogP contribution in [0.5, 0.6) is 0 Å². The third-order valence-corrected chi connectivity index (χ3v) is 0.788. The third kappa shape index (κ3) is 34.1. The van der Waals surface area contributed by atoms with Crippen molar-refractivity contribution in [1.29, 1.82) is 0 Å². The molecule has 0 heterocycles. The first-order valence-electron chi connectivity index (χ1n) is 3.24. The van der Waals surface area contributed by atoms with Crippen LogP contribution in [0.25, 0.3) is 0 Å². The van der Waals surface area contributed by atoms with Crippen LogP contribution in [-0.4, -0.2) is 10.9 Å². The van der Waals surface area contributed by atoms with Crippen molar-refractivity contribution in [2.24, 2.45) is 0 Å². The number of hydrogen-bond donors (Lipinski definition) is 1. The second kappa shape index (κ2) is 11.6. The Labute approximate surface area is 96.7 Å². The first-order valence-corrected chi connectivity index (χ1v) is 3.62. The van der Waals surface area contributed by atoms with Gasteiger partial charge in [0.05, 0.1) is 5.76 Å². The van der Waals surface area contributed by atoms with Crippen LogP contribution < -0.4 is 0 Å². The van der Waals surface area contributed by atoms with Crippen LogP contribution in [0, 0.1) is 0 Å². The Bertz CT molecular complexity index is 206. The molecule has 0 aromatic heterocycles. The molecule has 1 N–H and O–H groups in total. The van der Waals surface area contributed by atoms with Crippen LogP contribution >= 0.6 is 11.6 Å². The molecule has 0 aromatic carbocycles. The molecule has 0 aliphatic heterocycles. The van der Waals surface area contributed by atoms with Gasteiger partial charge in [-0.15, -0.1) is 0 Å². The van der Waals surface area contributed by atoms with Gasteiger partial charge in [0.1, 0.15) is 0 Å². The van der Waals surface area contributed by atoms with E-state index in [1.165, 1.54) is 26.0 Å². The molecule has 0 aliphatic carbocycles. The number of aliphatic hydroxyl groups excluding tert-OH is 1. The number of aliphatic hydroxyl groups is 1. The van der Waals surface area contributed by atoms with Crippen LogP contribution in [0.1, 0.15) is 13.8 Å². The predicted octanol–water partition coefficient (Wildman–Crippen LogP) is 2.96. The number of carbonyl (C=O) groups excluding carboxylic acids is 1. The van der Waals surface area contributed by atoms with E-state index >= 15 is 0 Å². The summed E-state index contributed by atoms with van der Waals surface area (Å²) in [5.41, 5.74) is 0. The van der Waals surface area contributed by atoms with E-state index in [0.717, 1.165) is 0 Å². The van der Waals surface area contributed by atoms with Gasteiger partial charge >= 0.3 is 0 Å². The molecule has 0 fully saturated rings. The van der Waals surface area contributed by atoms with E-state index in [2.05, 4.69) is 13.2 Å². The van der Waals surface area contributed by atoms with Crippen molar-refractivity contribution in [3.8, 4) is 0 Å². The molecule has 2 nitrogen and oxygen atoms in total.